The third-order valence-corrected chi connectivity index (χ3v) is 2.76. The Morgan fingerprint density at radius 1 is 1.20 bits per heavy atom. The third kappa shape index (κ3) is 1.57. The van der Waals surface area contributed by atoms with Crippen molar-refractivity contribution in [2.24, 2.45) is 0 Å². The van der Waals surface area contributed by atoms with Gasteiger partial charge in [-0.1, -0.05) is 0 Å². The molecular formula is C11H13N3O. The molecular weight excluding hydrogens is 190 g/mol. The van der Waals surface area contributed by atoms with E-state index in [1.165, 1.54) is 5.69 Å². The van der Waals surface area contributed by atoms with Crippen LogP contribution in [0.25, 0.3) is 5.65 Å². The van der Waals surface area contributed by atoms with Crippen molar-refractivity contribution in [3.8, 4) is 0 Å². The lowest BCUT2D eigenvalue weighted by atomic mass is 10.3. The maximum Gasteiger partial charge on any atom is 0.138 e. The molecule has 1 fully saturated rings. The molecule has 0 unspecified atom stereocenters. The topological polar surface area (TPSA) is 29.8 Å². The van der Waals surface area contributed by atoms with E-state index in [9.17, 15) is 0 Å². The Kier molecular flexibility index (Phi) is 2.07. The third-order valence-electron chi connectivity index (χ3n) is 2.76. The fraction of sp³-hybridized carbons (Fsp3) is 0.364. The number of rotatable bonds is 1. The van der Waals surface area contributed by atoms with Gasteiger partial charge in [-0.15, -0.1) is 0 Å². The lowest BCUT2D eigenvalue weighted by Crippen LogP contribution is -2.36. The monoisotopic (exact) mass is 203 g/mol. The van der Waals surface area contributed by atoms with Gasteiger partial charge in [-0.2, -0.15) is 0 Å². The Morgan fingerprint density at radius 3 is 2.93 bits per heavy atom. The van der Waals surface area contributed by atoms with Crippen LogP contribution in [0, 0.1) is 0 Å². The molecule has 4 nitrogen and oxygen atoms in total. The molecule has 15 heavy (non-hydrogen) atoms. The Labute approximate surface area is 88.1 Å². The number of hydrogen-bond acceptors (Lipinski definition) is 3. The minimum atomic E-state index is 0.819. The number of anilines is 1. The summed E-state index contributed by atoms with van der Waals surface area (Å²) in [7, 11) is 0. The highest BCUT2D eigenvalue weighted by Gasteiger charge is 2.11. The molecule has 3 rings (SSSR count). The summed E-state index contributed by atoms with van der Waals surface area (Å²) >= 11 is 0. The number of hydrogen-bond donors (Lipinski definition) is 0. The molecule has 1 aliphatic heterocycles. The van der Waals surface area contributed by atoms with Gasteiger partial charge in [0.15, 0.2) is 0 Å². The second-order valence-electron chi connectivity index (χ2n) is 3.68. The molecule has 1 aliphatic rings. The van der Waals surface area contributed by atoms with Gasteiger partial charge in [0.1, 0.15) is 5.65 Å². The minimum absolute atomic E-state index is 0.819. The predicted molar refractivity (Wildman–Crippen MR) is 58.2 cm³/mol. The van der Waals surface area contributed by atoms with Gasteiger partial charge in [0.2, 0.25) is 0 Å². The van der Waals surface area contributed by atoms with E-state index in [4.69, 9.17) is 4.74 Å². The number of nitrogens with zero attached hydrogens (tertiary/aromatic N) is 3. The quantitative estimate of drug-likeness (QED) is 0.697. The van der Waals surface area contributed by atoms with Crippen LogP contribution in [0.1, 0.15) is 0 Å². The SMILES string of the molecule is c1cn2ccc(N3CCOCC3)cc2n1. The molecule has 0 amide bonds. The van der Waals surface area contributed by atoms with Crippen molar-refractivity contribution in [2.45, 2.75) is 0 Å². The lowest BCUT2D eigenvalue weighted by Gasteiger charge is -2.28. The highest BCUT2D eigenvalue weighted by molar-refractivity contribution is 5.56. The Bertz CT molecular complexity index is 460. The molecule has 3 heterocycles. The van der Waals surface area contributed by atoms with Gasteiger partial charge in [0.25, 0.3) is 0 Å². The summed E-state index contributed by atoms with van der Waals surface area (Å²) in [6.45, 7) is 3.58. The van der Waals surface area contributed by atoms with Crippen LogP contribution >= 0.6 is 0 Å². The fourth-order valence-corrected chi connectivity index (χ4v) is 1.92. The maximum atomic E-state index is 5.33. The molecule has 0 N–H and O–H groups in total. The van der Waals surface area contributed by atoms with Crippen LogP contribution in [0.3, 0.4) is 0 Å². The van der Waals surface area contributed by atoms with Crippen molar-refractivity contribution in [1.82, 2.24) is 9.38 Å². The van der Waals surface area contributed by atoms with Crippen molar-refractivity contribution in [1.29, 1.82) is 0 Å². The molecule has 0 aromatic carbocycles. The molecule has 78 valence electrons. The van der Waals surface area contributed by atoms with Gasteiger partial charge in [-0.25, -0.2) is 4.98 Å². The van der Waals surface area contributed by atoms with E-state index in [1.54, 1.807) is 0 Å². The minimum Gasteiger partial charge on any atom is -0.378 e. The number of fused-ring (bicyclic) bond motifs is 1. The second-order valence-corrected chi connectivity index (χ2v) is 3.68. The molecule has 0 spiro atoms. The first-order valence-corrected chi connectivity index (χ1v) is 5.19. The molecule has 1 saturated heterocycles. The van der Waals surface area contributed by atoms with Crippen LogP contribution in [-0.2, 0) is 4.74 Å². The van der Waals surface area contributed by atoms with Crippen LogP contribution in [0.5, 0.6) is 0 Å². The number of pyridine rings is 1. The van der Waals surface area contributed by atoms with E-state index >= 15 is 0 Å². The van der Waals surface area contributed by atoms with Crippen molar-refractivity contribution >= 4 is 11.3 Å². The first kappa shape index (κ1) is 8.73. The molecule has 0 saturated carbocycles. The molecule has 0 radical (unpaired) electrons. The van der Waals surface area contributed by atoms with Gasteiger partial charge in [0.05, 0.1) is 13.2 Å². The highest BCUT2D eigenvalue weighted by atomic mass is 16.5. The normalized spacial score (nSPS) is 17.2. The van der Waals surface area contributed by atoms with E-state index in [0.29, 0.717) is 0 Å². The van der Waals surface area contributed by atoms with Gasteiger partial charge in [-0.05, 0) is 6.07 Å². The van der Waals surface area contributed by atoms with E-state index in [0.717, 1.165) is 32.0 Å². The van der Waals surface area contributed by atoms with E-state index < -0.39 is 0 Å². The number of imidazole rings is 1. The van der Waals surface area contributed by atoms with Crippen LogP contribution < -0.4 is 4.90 Å². The molecule has 4 heteroatoms. The number of aromatic nitrogens is 2. The zero-order valence-corrected chi connectivity index (χ0v) is 8.47. The zero-order valence-electron chi connectivity index (χ0n) is 8.47. The Morgan fingerprint density at radius 2 is 2.07 bits per heavy atom. The first-order chi connectivity index (χ1) is 7.43. The molecule has 0 bridgehead atoms. The van der Waals surface area contributed by atoms with Crippen LogP contribution in [0.2, 0.25) is 0 Å². The standard InChI is InChI=1S/C11H13N3O/c1-3-14-4-2-12-11(14)9-10(1)13-5-7-15-8-6-13/h1-4,9H,5-8H2. The van der Waals surface area contributed by atoms with E-state index in [-0.39, 0.29) is 0 Å². The summed E-state index contributed by atoms with van der Waals surface area (Å²) in [6, 6.07) is 4.24. The lowest BCUT2D eigenvalue weighted by molar-refractivity contribution is 0.122. The van der Waals surface area contributed by atoms with E-state index in [1.807, 2.05) is 23.0 Å². The number of ether oxygens (including phenoxy) is 1. The smallest absolute Gasteiger partial charge is 0.138 e. The molecule has 2 aromatic heterocycles. The second kappa shape index (κ2) is 3.55. The highest BCUT2D eigenvalue weighted by Crippen LogP contribution is 2.17. The molecule has 2 aromatic rings. The Hall–Kier alpha value is -1.55. The zero-order chi connectivity index (χ0) is 10.1. The van der Waals surface area contributed by atoms with Crippen molar-refractivity contribution in [2.75, 3.05) is 31.2 Å². The van der Waals surface area contributed by atoms with E-state index in [2.05, 4.69) is 22.0 Å². The largest absolute Gasteiger partial charge is 0.378 e. The number of morpholine rings is 1. The van der Waals surface area contributed by atoms with Crippen molar-refractivity contribution < 1.29 is 4.74 Å². The van der Waals surface area contributed by atoms with Gasteiger partial charge in [0, 0.05) is 43.4 Å². The summed E-state index contributed by atoms with van der Waals surface area (Å²) in [5.74, 6) is 0. The van der Waals surface area contributed by atoms with Crippen LogP contribution in [0.15, 0.2) is 30.7 Å². The summed E-state index contributed by atoms with van der Waals surface area (Å²) in [5.41, 5.74) is 2.23. The fourth-order valence-electron chi connectivity index (χ4n) is 1.92. The summed E-state index contributed by atoms with van der Waals surface area (Å²) in [5, 5.41) is 0. The average molecular weight is 203 g/mol. The van der Waals surface area contributed by atoms with Crippen LogP contribution in [0.4, 0.5) is 5.69 Å². The van der Waals surface area contributed by atoms with Gasteiger partial charge >= 0.3 is 0 Å². The molecule has 0 atom stereocenters. The van der Waals surface area contributed by atoms with Gasteiger partial charge < -0.3 is 14.0 Å². The average Bonchev–Trinajstić information content (AvgIpc) is 2.77. The summed E-state index contributed by atoms with van der Waals surface area (Å²) in [6.07, 6.45) is 5.82. The van der Waals surface area contributed by atoms with Crippen molar-refractivity contribution in [3.05, 3.63) is 30.7 Å². The predicted octanol–water partition coefficient (Wildman–Crippen LogP) is 1.17. The molecule has 0 aliphatic carbocycles. The summed E-state index contributed by atoms with van der Waals surface area (Å²) < 4.78 is 7.35. The Balaban J connectivity index is 1.95. The van der Waals surface area contributed by atoms with Crippen molar-refractivity contribution in [3.63, 3.8) is 0 Å². The first-order valence-electron chi connectivity index (χ1n) is 5.19. The van der Waals surface area contributed by atoms with Gasteiger partial charge in [-0.3, -0.25) is 0 Å². The maximum absolute atomic E-state index is 5.33. The van der Waals surface area contributed by atoms with Crippen LogP contribution in [-0.4, -0.2) is 35.7 Å². The summed E-state index contributed by atoms with van der Waals surface area (Å²) in [4.78, 5) is 6.61.